The van der Waals surface area contributed by atoms with Gasteiger partial charge in [0, 0.05) is 31.4 Å². The second-order valence-corrected chi connectivity index (χ2v) is 8.53. The molecule has 0 saturated carbocycles. The van der Waals surface area contributed by atoms with E-state index in [9.17, 15) is 14.0 Å². The third-order valence-electron chi connectivity index (χ3n) is 5.66. The van der Waals surface area contributed by atoms with Crippen molar-refractivity contribution in [3.8, 4) is 6.07 Å². The molecular formula is C25H23ClFN7O2. The van der Waals surface area contributed by atoms with Crippen molar-refractivity contribution < 1.29 is 14.0 Å². The summed E-state index contributed by atoms with van der Waals surface area (Å²) in [5.41, 5.74) is 2.54. The number of hydrogen-bond acceptors (Lipinski definition) is 7. The summed E-state index contributed by atoms with van der Waals surface area (Å²) < 4.78 is 14.7. The van der Waals surface area contributed by atoms with Gasteiger partial charge >= 0.3 is 0 Å². The molecule has 184 valence electrons. The number of carbonyl (C=O) groups excluding carboxylic acids is 2. The van der Waals surface area contributed by atoms with Crippen LogP contribution in [0.15, 0.2) is 42.6 Å². The van der Waals surface area contributed by atoms with Gasteiger partial charge in [-0.1, -0.05) is 17.7 Å². The lowest BCUT2D eigenvalue weighted by Gasteiger charge is -2.20. The summed E-state index contributed by atoms with van der Waals surface area (Å²) in [5, 5.41) is 17.1. The van der Waals surface area contributed by atoms with E-state index in [1.807, 2.05) is 24.3 Å². The number of hydrogen-bond donors (Lipinski definition) is 3. The highest BCUT2D eigenvalue weighted by Gasteiger charge is 2.19. The molecule has 2 aromatic carbocycles. The lowest BCUT2D eigenvalue weighted by Crippen LogP contribution is -2.25. The number of rotatable bonds is 7. The van der Waals surface area contributed by atoms with Gasteiger partial charge in [0.1, 0.15) is 10.8 Å². The fourth-order valence-corrected chi connectivity index (χ4v) is 3.92. The van der Waals surface area contributed by atoms with Crippen LogP contribution in [0, 0.1) is 17.1 Å². The molecule has 0 fully saturated rings. The van der Waals surface area contributed by atoms with Crippen LogP contribution in [0.3, 0.4) is 0 Å². The summed E-state index contributed by atoms with van der Waals surface area (Å²) in [5.74, 6) is -0.799. The van der Waals surface area contributed by atoms with Crippen LogP contribution in [0.5, 0.6) is 0 Å². The van der Waals surface area contributed by atoms with E-state index in [0.717, 1.165) is 29.8 Å². The highest BCUT2D eigenvalue weighted by atomic mass is 35.5. The summed E-state index contributed by atoms with van der Waals surface area (Å²) in [6.07, 6.45) is 3.51. The second kappa shape index (κ2) is 11.0. The largest absolute Gasteiger partial charge is 0.351 e. The summed E-state index contributed by atoms with van der Waals surface area (Å²) in [7, 11) is 1.78. The van der Waals surface area contributed by atoms with Gasteiger partial charge in [0.15, 0.2) is 5.82 Å². The van der Waals surface area contributed by atoms with Crippen LogP contribution < -0.4 is 20.9 Å². The number of benzene rings is 2. The van der Waals surface area contributed by atoms with Gasteiger partial charge in [-0.2, -0.15) is 10.2 Å². The number of carbonyl (C=O) groups is 2. The van der Waals surface area contributed by atoms with Crippen LogP contribution >= 0.6 is 11.6 Å². The fraction of sp³-hybridized carbons (Fsp3) is 0.240. The third kappa shape index (κ3) is 5.53. The Morgan fingerprint density at radius 3 is 2.94 bits per heavy atom. The summed E-state index contributed by atoms with van der Waals surface area (Å²) >= 11 is 6.30. The maximum Gasteiger partial charge on any atom is 0.253 e. The van der Waals surface area contributed by atoms with Crippen LogP contribution in [0.2, 0.25) is 5.02 Å². The Morgan fingerprint density at radius 1 is 1.31 bits per heavy atom. The number of aryl methyl sites for hydroxylation is 1. The van der Waals surface area contributed by atoms with Gasteiger partial charge in [-0.05, 0) is 48.7 Å². The van der Waals surface area contributed by atoms with Gasteiger partial charge < -0.3 is 20.9 Å². The molecule has 9 nitrogen and oxygen atoms in total. The number of anilines is 5. The van der Waals surface area contributed by atoms with Gasteiger partial charge in [0.2, 0.25) is 11.9 Å². The number of fused-ring (bicyclic) bond motifs is 1. The van der Waals surface area contributed by atoms with Crippen LogP contribution in [0.4, 0.5) is 33.2 Å². The Kier molecular flexibility index (Phi) is 7.61. The molecule has 2 amide bonds. The molecule has 1 aliphatic rings. The predicted octanol–water partition coefficient (Wildman–Crippen LogP) is 4.70. The first-order valence-corrected chi connectivity index (χ1v) is 11.6. The maximum atomic E-state index is 14.7. The van der Waals surface area contributed by atoms with Gasteiger partial charge in [0.25, 0.3) is 5.91 Å². The van der Waals surface area contributed by atoms with Crippen molar-refractivity contribution in [2.75, 3.05) is 29.1 Å². The number of para-hydroxylation sites is 1. The number of nitrogens with one attached hydrogen (secondary N) is 3. The number of nitrogens with zero attached hydrogens (tertiary/aromatic N) is 4. The topological polar surface area (TPSA) is 123 Å². The standard InChI is InChI=1S/C25H23ClFN7O2/c1-34(16-9-10-20-15(13-16)5-2-8-21(35)31-20)25-30-14-18(26)23(33-25)32-22-17(6-3-7-19(22)27)24(36)29-12-4-11-28/h3,6-7,9-10,13-14H,2,4-5,8,12H2,1H3,(H,29,36)(H,31,35)(H,30,32,33). The minimum Gasteiger partial charge on any atom is -0.351 e. The third-order valence-corrected chi connectivity index (χ3v) is 5.93. The van der Waals surface area contributed by atoms with Crippen LogP contribution in [0.1, 0.15) is 35.2 Å². The van der Waals surface area contributed by atoms with E-state index in [-0.39, 0.29) is 46.9 Å². The first kappa shape index (κ1) is 24.9. The average Bonchev–Trinajstić information content (AvgIpc) is 3.06. The van der Waals surface area contributed by atoms with Gasteiger partial charge in [0.05, 0.1) is 29.9 Å². The Balaban J connectivity index is 1.61. The molecule has 2 heterocycles. The van der Waals surface area contributed by atoms with Crippen molar-refractivity contribution in [1.82, 2.24) is 15.3 Å². The average molecular weight is 508 g/mol. The van der Waals surface area contributed by atoms with Gasteiger partial charge in [-0.3, -0.25) is 9.59 Å². The van der Waals surface area contributed by atoms with E-state index < -0.39 is 11.7 Å². The molecule has 1 aliphatic heterocycles. The van der Waals surface area contributed by atoms with Crippen LogP contribution in [0.25, 0.3) is 0 Å². The van der Waals surface area contributed by atoms with E-state index in [1.165, 1.54) is 24.4 Å². The van der Waals surface area contributed by atoms with Crippen molar-refractivity contribution >= 4 is 52.2 Å². The fourth-order valence-electron chi connectivity index (χ4n) is 3.78. The number of nitriles is 1. The molecule has 3 aromatic rings. The summed E-state index contributed by atoms with van der Waals surface area (Å²) in [6, 6.07) is 11.7. The van der Waals surface area contributed by atoms with E-state index in [4.69, 9.17) is 16.9 Å². The smallest absolute Gasteiger partial charge is 0.253 e. The molecule has 0 saturated heterocycles. The molecular weight excluding hydrogens is 485 g/mol. The molecule has 0 radical (unpaired) electrons. The molecule has 0 unspecified atom stereocenters. The van der Waals surface area contributed by atoms with Crippen molar-refractivity contribution in [3.05, 3.63) is 64.6 Å². The number of halogens is 2. The lowest BCUT2D eigenvalue weighted by atomic mass is 10.1. The molecule has 3 N–H and O–H groups in total. The Morgan fingerprint density at radius 2 is 2.14 bits per heavy atom. The van der Waals surface area contributed by atoms with E-state index in [1.54, 1.807) is 11.9 Å². The zero-order chi connectivity index (χ0) is 25.7. The molecule has 0 atom stereocenters. The highest BCUT2D eigenvalue weighted by Crippen LogP contribution is 2.32. The highest BCUT2D eigenvalue weighted by molar-refractivity contribution is 6.33. The molecule has 0 spiro atoms. The zero-order valence-electron chi connectivity index (χ0n) is 19.4. The van der Waals surface area contributed by atoms with Gasteiger partial charge in [-0.15, -0.1) is 0 Å². The van der Waals surface area contributed by atoms with Crippen molar-refractivity contribution in [2.45, 2.75) is 25.7 Å². The molecule has 0 aliphatic carbocycles. The van der Waals surface area contributed by atoms with Crippen LogP contribution in [-0.4, -0.2) is 35.4 Å². The Labute approximate surface area is 212 Å². The Hall–Kier alpha value is -4.23. The first-order valence-electron chi connectivity index (χ1n) is 11.3. The molecule has 0 bridgehead atoms. The molecule has 1 aromatic heterocycles. The minimum atomic E-state index is -0.666. The maximum absolute atomic E-state index is 14.7. The quantitative estimate of drug-likeness (QED) is 0.396. The molecule has 11 heteroatoms. The number of aromatic nitrogens is 2. The monoisotopic (exact) mass is 507 g/mol. The Bertz CT molecular complexity index is 1360. The van der Waals surface area contributed by atoms with E-state index in [2.05, 4.69) is 25.9 Å². The summed E-state index contributed by atoms with van der Waals surface area (Å²) in [6.45, 7) is 0.138. The van der Waals surface area contributed by atoms with E-state index >= 15 is 0 Å². The lowest BCUT2D eigenvalue weighted by molar-refractivity contribution is -0.116. The number of amides is 2. The molecule has 36 heavy (non-hydrogen) atoms. The van der Waals surface area contributed by atoms with Crippen LogP contribution in [-0.2, 0) is 11.2 Å². The first-order chi connectivity index (χ1) is 17.4. The SMILES string of the molecule is CN(c1ccc2c(c1)CCCC(=O)N2)c1ncc(Cl)c(Nc2c(F)cccc2C(=O)NCCC#N)n1. The van der Waals surface area contributed by atoms with Crippen molar-refractivity contribution in [1.29, 1.82) is 5.26 Å². The predicted molar refractivity (Wildman–Crippen MR) is 135 cm³/mol. The van der Waals surface area contributed by atoms with E-state index in [0.29, 0.717) is 6.42 Å². The zero-order valence-corrected chi connectivity index (χ0v) is 20.2. The van der Waals surface area contributed by atoms with Gasteiger partial charge in [-0.25, -0.2) is 9.37 Å². The van der Waals surface area contributed by atoms with Crippen molar-refractivity contribution in [3.63, 3.8) is 0 Å². The molecule has 4 rings (SSSR count). The normalized spacial score (nSPS) is 12.6. The minimum absolute atomic E-state index is 0.00198. The van der Waals surface area contributed by atoms with Crippen molar-refractivity contribution in [2.24, 2.45) is 0 Å². The summed E-state index contributed by atoms with van der Waals surface area (Å²) in [4.78, 5) is 34.9. The second-order valence-electron chi connectivity index (χ2n) is 8.12.